The molecule has 0 unspecified atom stereocenters. The number of fused-ring (bicyclic) bond motifs is 5. The van der Waals surface area contributed by atoms with Gasteiger partial charge in [-0.25, -0.2) is 13.8 Å². The quantitative estimate of drug-likeness (QED) is 0.534. The number of aromatic nitrogens is 4. The van der Waals surface area contributed by atoms with E-state index in [0.717, 1.165) is 24.1 Å². The molecule has 3 aliphatic carbocycles. The van der Waals surface area contributed by atoms with Crippen LogP contribution >= 0.6 is 0 Å². The molecule has 2 saturated carbocycles. The molecule has 0 radical (unpaired) electrons. The van der Waals surface area contributed by atoms with Gasteiger partial charge in [0, 0.05) is 12.6 Å². The van der Waals surface area contributed by atoms with Gasteiger partial charge in [0.1, 0.15) is 17.3 Å². The lowest BCUT2D eigenvalue weighted by atomic mass is 9.66. The van der Waals surface area contributed by atoms with Gasteiger partial charge in [0.2, 0.25) is 0 Å². The molecule has 6 nitrogen and oxygen atoms in total. The first kappa shape index (κ1) is 22.3. The topological polar surface area (TPSA) is 88.9 Å². The highest BCUT2D eigenvalue weighted by atomic mass is 19.1. The average molecular weight is 477 g/mol. The van der Waals surface area contributed by atoms with Gasteiger partial charge in [-0.15, -0.1) is 5.10 Å². The molecule has 0 spiro atoms. The Labute approximate surface area is 201 Å². The third kappa shape index (κ3) is 3.12. The maximum absolute atomic E-state index is 14.5. The maximum atomic E-state index is 14.5. The first-order chi connectivity index (χ1) is 16.7. The molecule has 2 aromatic heterocycles. The average Bonchev–Trinajstić information content (AvgIpc) is 3.19. The number of carbonyl (C=O) groups excluding carboxylic acids is 1. The van der Waals surface area contributed by atoms with Gasteiger partial charge in [-0.2, -0.15) is 5.10 Å². The number of benzene rings is 1. The monoisotopic (exact) mass is 476 g/mol. The predicted octanol–water partition coefficient (Wildman–Crippen LogP) is 4.76. The van der Waals surface area contributed by atoms with E-state index in [2.05, 4.69) is 29.0 Å². The van der Waals surface area contributed by atoms with Crippen molar-refractivity contribution in [3.63, 3.8) is 0 Å². The molecule has 6 rings (SSSR count). The van der Waals surface area contributed by atoms with Gasteiger partial charge in [0.15, 0.2) is 5.78 Å². The normalized spacial score (nSPS) is 28.0. The van der Waals surface area contributed by atoms with E-state index >= 15 is 0 Å². The summed E-state index contributed by atoms with van der Waals surface area (Å²) in [5, 5.41) is 18.3. The Balaban J connectivity index is 1.42. The maximum Gasteiger partial charge on any atom is 0.183 e. The Morgan fingerprint density at radius 3 is 2.60 bits per heavy atom. The van der Waals surface area contributed by atoms with E-state index in [1.165, 1.54) is 24.4 Å². The van der Waals surface area contributed by atoms with Crippen LogP contribution in [0.3, 0.4) is 0 Å². The zero-order chi connectivity index (χ0) is 24.5. The Morgan fingerprint density at radius 1 is 1.14 bits per heavy atom. The van der Waals surface area contributed by atoms with Crippen LogP contribution in [0.15, 0.2) is 36.7 Å². The number of aliphatic hydroxyl groups excluding tert-OH is 1. The molecule has 180 valence electrons. The molecule has 0 aliphatic heterocycles. The molecule has 0 saturated heterocycles. The van der Waals surface area contributed by atoms with Crippen LogP contribution < -0.4 is 0 Å². The van der Waals surface area contributed by atoms with Gasteiger partial charge in [-0.1, -0.05) is 19.9 Å². The summed E-state index contributed by atoms with van der Waals surface area (Å²) in [5.41, 5.74) is 1.79. The molecule has 8 heteroatoms. The van der Waals surface area contributed by atoms with Crippen molar-refractivity contribution in [3.05, 3.63) is 70.9 Å². The van der Waals surface area contributed by atoms with Gasteiger partial charge >= 0.3 is 0 Å². The molecule has 0 amide bonds. The first-order valence-corrected chi connectivity index (χ1v) is 12.1. The minimum Gasteiger partial charge on any atom is -0.393 e. The van der Waals surface area contributed by atoms with Crippen molar-refractivity contribution in [2.45, 2.75) is 63.4 Å². The predicted molar refractivity (Wildman–Crippen MR) is 124 cm³/mol. The summed E-state index contributed by atoms with van der Waals surface area (Å²) < 4.78 is 28.9. The van der Waals surface area contributed by atoms with E-state index in [9.17, 15) is 18.7 Å². The van der Waals surface area contributed by atoms with Crippen molar-refractivity contribution in [1.29, 1.82) is 0 Å². The van der Waals surface area contributed by atoms with Crippen molar-refractivity contribution < 1.29 is 18.7 Å². The van der Waals surface area contributed by atoms with E-state index in [4.69, 9.17) is 4.98 Å². The van der Waals surface area contributed by atoms with Crippen LogP contribution in [0.4, 0.5) is 8.78 Å². The summed E-state index contributed by atoms with van der Waals surface area (Å²) >= 11 is 0. The van der Waals surface area contributed by atoms with Crippen LogP contribution in [0.5, 0.6) is 0 Å². The minimum atomic E-state index is -0.674. The fraction of sp³-hybridized carbons (Fsp3) is 0.444. The zero-order valence-electron chi connectivity index (χ0n) is 19.6. The van der Waals surface area contributed by atoms with Gasteiger partial charge in [0.05, 0.1) is 40.4 Å². The summed E-state index contributed by atoms with van der Waals surface area (Å²) in [6.07, 6.45) is 6.18. The zero-order valence-corrected chi connectivity index (χ0v) is 19.6. The lowest BCUT2D eigenvalue weighted by Gasteiger charge is -2.37. The second-order valence-corrected chi connectivity index (χ2v) is 10.8. The summed E-state index contributed by atoms with van der Waals surface area (Å²) in [7, 11) is 0. The highest BCUT2D eigenvalue weighted by Crippen LogP contribution is 2.69. The summed E-state index contributed by atoms with van der Waals surface area (Å²) in [6, 6.07) is 5.52. The van der Waals surface area contributed by atoms with Crippen LogP contribution in [-0.4, -0.2) is 37.2 Å². The van der Waals surface area contributed by atoms with Crippen molar-refractivity contribution in [2.24, 2.45) is 11.3 Å². The molecule has 2 fully saturated rings. The molecule has 1 aromatic carbocycles. The Kier molecular flexibility index (Phi) is 4.90. The SMILES string of the molecule is CC1(C)[C@H]2CC[C@]1(c1cncc(C(=O)CC3CC(O)C3)n1)c1nnc(-c3c(F)cccc3F)cc12. The number of nitrogens with zero attached hydrogens (tertiary/aromatic N) is 4. The Morgan fingerprint density at radius 2 is 1.89 bits per heavy atom. The van der Waals surface area contributed by atoms with Crippen LogP contribution in [0.1, 0.15) is 79.3 Å². The standard InChI is InChI=1S/C27H26F2N4O2/c1-26(2)17-6-7-27(26,23-13-30-12-21(31-23)22(35)10-14-8-15(34)9-14)25-16(17)11-20(32-33-25)24-18(28)4-3-5-19(24)29/h3-5,11-15,17,34H,6-10H2,1-2H3/t14?,15?,17-,27-/m0/s1. The van der Waals surface area contributed by atoms with E-state index in [-0.39, 0.29) is 40.4 Å². The fourth-order valence-electron chi connectivity index (χ4n) is 6.70. The minimum absolute atomic E-state index is 0.0744. The molecule has 1 N–H and O–H groups in total. The summed E-state index contributed by atoms with van der Waals surface area (Å²) in [4.78, 5) is 22.1. The Hall–Kier alpha value is -3.13. The summed E-state index contributed by atoms with van der Waals surface area (Å²) in [6.45, 7) is 4.31. The third-order valence-corrected chi connectivity index (χ3v) is 8.64. The first-order valence-electron chi connectivity index (χ1n) is 12.1. The van der Waals surface area contributed by atoms with Crippen molar-refractivity contribution >= 4 is 5.78 Å². The highest BCUT2D eigenvalue weighted by Gasteiger charge is 2.65. The lowest BCUT2D eigenvalue weighted by molar-refractivity contribution is 0.0380. The molecule has 3 aromatic rings. The number of rotatable bonds is 5. The molecule has 35 heavy (non-hydrogen) atoms. The second kappa shape index (κ2) is 7.68. The van der Waals surface area contributed by atoms with Gasteiger partial charge in [-0.3, -0.25) is 9.78 Å². The van der Waals surface area contributed by atoms with E-state index in [0.29, 0.717) is 30.7 Å². The number of hydrogen-bond donors (Lipinski definition) is 1. The lowest BCUT2D eigenvalue weighted by Crippen LogP contribution is -2.38. The number of ketones is 1. The van der Waals surface area contributed by atoms with E-state index < -0.39 is 17.0 Å². The number of Topliss-reactive ketones (excluding diaryl/α,β-unsaturated/α-hetero) is 1. The van der Waals surface area contributed by atoms with E-state index in [1.807, 2.05) is 0 Å². The molecular weight excluding hydrogens is 450 g/mol. The van der Waals surface area contributed by atoms with Crippen LogP contribution in [0, 0.1) is 23.0 Å². The van der Waals surface area contributed by atoms with Gasteiger partial charge in [-0.05, 0) is 66.7 Å². The molecule has 2 bridgehead atoms. The second-order valence-electron chi connectivity index (χ2n) is 10.8. The highest BCUT2D eigenvalue weighted by molar-refractivity contribution is 5.94. The molecule has 3 aliphatic rings. The van der Waals surface area contributed by atoms with Crippen molar-refractivity contribution in [2.75, 3.05) is 0 Å². The fourth-order valence-corrected chi connectivity index (χ4v) is 6.70. The summed E-state index contributed by atoms with van der Waals surface area (Å²) in [5.74, 6) is -1.13. The largest absolute Gasteiger partial charge is 0.393 e. The number of carbonyl (C=O) groups is 1. The van der Waals surface area contributed by atoms with E-state index in [1.54, 1.807) is 12.3 Å². The van der Waals surface area contributed by atoms with Crippen molar-refractivity contribution in [1.82, 2.24) is 20.2 Å². The van der Waals surface area contributed by atoms with Crippen molar-refractivity contribution in [3.8, 4) is 11.3 Å². The molecular formula is C27H26F2N4O2. The van der Waals surface area contributed by atoms with Crippen LogP contribution in [0.25, 0.3) is 11.3 Å². The van der Waals surface area contributed by atoms with Gasteiger partial charge in [0.25, 0.3) is 0 Å². The van der Waals surface area contributed by atoms with Gasteiger partial charge < -0.3 is 5.11 Å². The van der Waals surface area contributed by atoms with Crippen LogP contribution in [-0.2, 0) is 5.41 Å². The molecule has 2 atom stereocenters. The smallest absolute Gasteiger partial charge is 0.183 e. The third-order valence-electron chi connectivity index (χ3n) is 8.64. The Bertz CT molecular complexity index is 1330. The number of hydrogen-bond acceptors (Lipinski definition) is 6. The molecule has 2 heterocycles. The number of aliphatic hydroxyl groups is 1. The number of halogens is 2. The van der Waals surface area contributed by atoms with Crippen LogP contribution in [0.2, 0.25) is 0 Å².